The first-order valence-corrected chi connectivity index (χ1v) is 11.9. The average molecular weight is 491 g/mol. The topological polar surface area (TPSA) is 131 Å². The number of aliphatic hydroxyl groups is 1. The van der Waals surface area contributed by atoms with Crippen molar-refractivity contribution in [2.45, 2.75) is 71.6 Å². The predicted molar refractivity (Wildman–Crippen MR) is 129 cm³/mol. The number of nitrogens with zero attached hydrogens (tertiary/aromatic N) is 1. The monoisotopic (exact) mass is 490 g/mol. The molecule has 0 radical (unpaired) electrons. The number of rotatable bonds is 10. The quantitative estimate of drug-likeness (QED) is 0.400. The van der Waals surface area contributed by atoms with Crippen LogP contribution in [0.4, 0.5) is 0 Å². The van der Waals surface area contributed by atoms with Gasteiger partial charge in [-0.15, -0.1) is 0 Å². The van der Waals surface area contributed by atoms with E-state index in [0.29, 0.717) is 30.0 Å². The molecule has 1 aromatic carbocycles. The van der Waals surface area contributed by atoms with Crippen LogP contribution in [0.2, 0.25) is 5.02 Å². The van der Waals surface area contributed by atoms with E-state index in [4.69, 9.17) is 11.6 Å². The molecule has 0 bridgehead atoms. The standard InChI is InChI=1S/C25H35ClN4O4/c1-15(2)12-20(22(32)29-19(14-27)13-16-10-11-28-21(16)31)30-23(33)24(3,4)25(5,34)17-6-8-18(26)9-7-17/h6-9,15-16,19-20,34H,10-13H2,1-5H3,(H,28,31)(H,29,32)(H,30,33)/t16-,19-,20-,25?/m0/s1. The van der Waals surface area contributed by atoms with Crippen LogP contribution in [0.15, 0.2) is 24.3 Å². The van der Waals surface area contributed by atoms with Crippen molar-refractivity contribution in [1.29, 1.82) is 5.26 Å². The van der Waals surface area contributed by atoms with Crippen molar-refractivity contribution in [1.82, 2.24) is 16.0 Å². The van der Waals surface area contributed by atoms with Crippen LogP contribution >= 0.6 is 11.6 Å². The van der Waals surface area contributed by atoms with Crippen LogP contribution in [0.25, 0.3) is 0 Å². The van der Waals surface area contributed by atoms with Crippen LogP contribution in [0.3, 0.4) is 0 Å². The minimum atomic E-state index is -1.55. The molecule has 0 aromatic heterocycles. The fraction of sp³-hybridized carbons (Fsp3) is 0.600. The number of benzene rings is 1. The number of amides is 3. The summed E-state index contributed by atoms with van der Waals surface area (Å²) in [6.45, 7) is 9.17. The van der Waals surface area contributed by atoms with Crippen molar-refractivity contribution in [3.05, 3.63) is 34.9 Å². The van der Waals surface area contributed by atoms with Crippen molar-refractivity contribution >= 4 is 29.3 Å². The Kier molecular flexibility index (Phi) is 9.09. The number of hydrogen-bond acceptors (Lipinski definition) is 5. The van der Waals surface area contributed by atoms with Crippen molar-refractivity contribution in [3.63, 3.8) is 0 Å². The molecule has 4 N–H and O–H groups in total. The van der Waals surface area contributed by atoms with E-state index in [-0.39, 0.29) is 24.2 Å². The van der Waals surface area contributed by atoms with Gasteiger partial charge in [-0.05, 0) is 63.6 Å². The highest BCUT2D eigenvalue weighted by Gasteiger charge is 2.47. The minimum absolute atomic E-state index is 0.0806. The molecular formula is C25H35ClN4O4. The molecule has 1 fully saturated rings. The Labute approximate surface area is 206 Å². The summed E-state index contributed by atoms with van der Waals surface area (Å²) in [5.41, 5.74) is -2.33. The number of carbonyl (C=O) groups is 3. The molecule has 0 aliphatic carbocycles. The molecule has 0 saturated carbocycles. The molecule has 1 saturated heterocycles. The van der Waals surface area contributed by atoms with Crippen LogP contribution in [-0.4, -0.2) is 41.5 Å². The van der Waals surface area contributed by atoms with E-state index >= 15 is 0 Å². The lowest BCUT2D eigenvalue weighted by molar-refractivity contribution is -0.148. The summed E-state index contributed by atoms with van der Waals surface area (Å²) in [7, 11) is 0. The van der Waals surface area contributed by atoms with Gasteiger partial charge < -0.3 is 21.1 Å². The van der Waals surface area contributed by atoms with E-state index in [1.165, 1.54) is 0 Å². The van der Waals surface area contributed by atoms with Crippen LogP contribution in [-0.2, 0) is 20.0 Å². The first-order chi connectivity index (χ1) is 15.8. The first kappa shape index (κ1) is 27.6. The zero-order chi connectivity index (χ0) is 25.7. The molecule has 1 aliphatic rings. The van der Waals surface area contributed by atoms with Crippen LogP contribution in [0.5, 0.6) is 0 Å². The van der Waals surface area contributed by atoms with Gasteiger partial charge in [-0.2, -0.15) is 5.26 Å². The third kappa shape index (κ3) is 6.49. The summed E-state index contributed by atoms with van der Waals surface area (Å²) in [5, 5.41) is 29.5. The van der Waals surface area contributed by atoms with E-state index in [1.54, 1.807) is 45.0 Å². The van der Waals surface area contributed by atoms with Gasteiger partial charge in [0.2, 0.25) is 17.7 Å². The SMILES string of the molecule is CC(C)C[C@H](NC(=O)C(C)(C)C(C)(O)c1ccc(Cl)cc1)C(=O)N[C@H](C#N)C[C@@H]1CCNC1=O. The molecule has 2 rings (SSSR count). The Hall–Kier alpha value is -2.63. The van der Waals surface area contributed by atoms with Crippen molar-refractivity contribution in [3.8, 4) is 6.07 Å². The Bertz CT molecular complexity index is 937. The maximum atomic E-state index is 13.3. The molecule has 4 atom stereocenters. The summed E-state index contributed by atoms with van der Waals surface area (Å²) >= 11 is 5.96. The van der Waals surface area contributed by atoms with E-state index in [0.717, 1.165) is 0 Å². The summed E-state index contributed by atoms with van der Waals surface area (Å²) < 4.78 is 0. The molecule has 1 aliphatic heterocycles. The van der Waals surface area contributed by atoms with Gasteiger partial charge in [0.15, 0.2) is 0 Å². The zero-order valence-corrected chi connectivity index (χ0v) is 21.2. The maximum Gasteiger partial charge on any atom is 0.243 e. The van der Waals surface area contributed by atoms with Crippen molar-refractivity contribution < 1.29 is 19.5 Å². The predicted octanol–water partition coefficient (Wildman–Crippen LogP) is 2.64. The molecule has 3 amide bonds. The molecule has 0 spiro atoms. The highest BCUT2D eigenvalue weighted by Crippen LogP contribution is 2.40. The van der Waals surface area contributed by atoms with Gasteiger partial charge in [0.05, 0.1) is 11.5 Å². The fourth-order valence-corrected chi connectivity index (χ4v) is 4.09. The van der Waals surface area contributed by atoms with Gasteiger partial charge in [0, 0.05) is 17.5 Å². The largest absolute Gasteiger partial charge is 0.384 e. The second-order valence-corrected chi connectivity index (χ2v) is 10.5. The fourth-order valence-electron chi connectivity index (χ4n) is 3.97. The second kappa shape index (κ2) is 11.2. The molecule has 34 heavy (non-hydrogen) atoms. The van der Waals surface area contributed by atoms with Crippen LogP contribution < -0.4 is 16.0 Å². The third-order valence-corrected chi connectivity index (χ3v) is 6.93. The first-order valence-electron chi connectivity index (χ1n) is 11.6. The molecular weight excluding hydrogens is 456 g/mol. The summed E-state index contributed by atoms with van der Waals surface area (Å²) in [4.78, 5) is 38.3. The highest BCUT2D eigenvalue weighted by atomic mass is 35.5. The summed E-state index contributed by atoms with van der Waals surface area (Å²) in [6.07, 6.45) is 1.18. The highest BCUT2D eigenvalue weighted by molar-refractivity contribution is 6.30. The summed E-state index contributed by atoms with van der Waals surface area (Å²) in [5.74, 6) is -1.35. The Morgan fingerprint density at radius 2 is 1.85 bits per heavy atom. The van der Waals surface area contributed by atoms with E-state index in [9.17, 15) is 24.8 Å². The molecule has 1 aromatic rings. The Morgan fingerprint density at radius 3 is 2.35 bits per heavy atom. The minimum Gasteiger partial charge on any atom is -0.384 e. The summed E-state index contributed by atoms with van der Waals surface area (Å²) in [6, 6.07) is 6.89. The normalized spacial score (nSPS) is 19.5. The Morgan fingerprint density at radius 1 is 1.24 bits per heavy atom. The lowest BCUT2D eigenvalue weighted by atomic mass is 9.71. The smallest absolute Gasteiger partial charge is 0.243 e. The molecule has 186 valence electrons. The van der Waals surface area contributed by atoms with Gasteiger partial charge >= 0.3 is 0 Å². The van der Waals surface area contributed by atoms with E-state index in [1.807, 2.05) is 19.9 Å². The molecule has 8 nitrogen and oxygen atoms in total. The molecule has 1 unspecified atom stereocenters. The average Bonchev–Trinajstić information content (AvgIpc) is 3.16. The number of halogens is 1. The van der Waals surface area contributed by atoms with Crippen LogP contribution in [0, 0.1) is 28.6 Å². The van der Waals surface area contributed by atoms with Gasteiger partial charge in [-0.25, -0.2) is 0 Å². The van der Waals surface area contributed by atoms with Crippen molar-refractivity contribution in [2.75, 3.05) is 6.54 Å². The van der Waals surface area contributed by atoms with Crippen molar-refractivity contribution in [2.24, 2.45) is 17.3 Å². The zero-order valence-electron chi connectivity index (χ0n) is 20.4. The van der Waals surface area contributed by atoms with E-state index in [2.05, 4.69) is 16.0 Å². The van der Waals surface area contributed by atoms with Gasteiger partial charge in [0.1, 0.15) is 17.7 Å². The van der Waals surface area contributed by atoms with Crippen LogP contribution in [0.1, 0.15) is 59.4 Å². The maximum absolute atomic E-state index is 13.3. The van der Waals surface area contributed by atoms with Gasteiger partial charge in [0.25, 0.3) is 0 Å². The Balaban J connectivity index is 2.16. The lowest BCUT2D eigenvalue weighted by Gasteiger charge is -2.40. The third-order valence-electron chi connectivity index (χ3n) is 6.68. The molecule has 1 heterocycles. The second-order valence-electron chi connectivity index (χ2n) is 10.1. The molecule has 9 heteroatoms. The number of hydrogen-bond donors (Lipinski definition) is 4. The number of carbonyl (C=O) groups excluding carboxylic acids is 3. The number of nitriles is 1. The van der Waals surface area contributed by atoms with E-state index < -0.39 is 34.9 Å². The van der Waals surface area contributed by atoms with Gasteiger partial charge in [-0.3, -0.25) is 14.4 Å². The van der Waals surface area contributed by atoms with Gasteiger partial charge in [-0.1, -0.05) is 37.6 Å². The number of nitrogens with one attached hydrogen (secondary N) is 3. The lowest BCUT2D eigenvalue weighted by Crippen LogP contribution is -2.56.